The highest BCUT2D eigenvalue weighted by atomic mass is 16.2. The molecule has 11 heavy (non-hydrogen) atoms. The van der Waals surface area contributed by atoms with Crippen LogP contribution in [0.5, 0.6) is 0 Å². The fraction of sp³-hybridized carbons (Fsp3) is 0.714. The Morgan fingerprint density at radius 1 is 1.73 bits per heavy atom. The van der Waals surface area contributed by atoms with Crippen LogP contribution in [0.2, 0.25) is 0 Å². The van der Waals surface area contributed by atoms with Crippen LogP contribution in [0.25, 0.3) is 0 Å². The average Bonchev–Trinajstić information content (AvgIpc) is 2.03. The number of nitrogens with two attached hydrogens (primary N) is 1. The van der Waals surface area contributed by atoms with E-state index in [-0.39, 0.29) is 18.5 Å². The molecule has 0 aromatic carbocycles. The van der Waals surface area contributed by atoms with E-state index < -0.39 is 0 Å². The van der Waals surface area contributed by atoms with E-state index in [2.05, 4.69) is 5.32 Å². The molecule has 1 unspecified atom stereocenters. The SMILES string of the molecule is CCCC(C=O)NC(=O)CN. The van der Waals surface area contributed by atoms with E-state index in [1.165, 1.54) is 0 Å². The smallest absolute Gasteiger partial charge is 0.234 e. The number of rotatable bonds is 5. The van der Waals surface area contributed by atoms with Crippen LogP contribution >= 0.6 is 0 Å². The molecule has 0 aromatic heterocycles. The van der Waals surface area contributed by atoms with Gasteiger partial charge in [-0.05, 0) is 6.42 Å². The van der Waals surface area contributed by atoms with Crippen molar-refractivity contribution in [2.75, 3.05) is 6.54 Å². The fourth-order valence-corrected chi connectivity index (χ4v) is 0.751. The highest BCUT2D eigenvalue weighted by Crippen LogP contribution is 1.91. The maximum absolute atomic E-state index is 10.7. The van der Waals surface area contributed by atoms with E-state index in [9.17, 15) is 9.59 Å². The molecule has 1 atom stereocenters. The molecular formula is C7H14N2O2. The topological polar surface area (TPSA) is 72.2 Å². The Kier molecular flexibility index (Phi) is 5.37. The second-order valence-electron chi connectivity index (χ2n) is 2.30. The highest BCUT2D eigenvalue weighted by Gasteiger charge is 2.07. The lowest BCUT2D eigenvalue weighted by Crippen LogP contribution is -2.39. The van der Waals surface area contributed by atoms with Gasteiger partial charge in [0.15, 0.2) is 0 Å². The van der Waals surface area contributed by atoms with Crippen molar-refractivity contribution >= 4 is 12.2 Å². The predicted molar refractivity (Wildman–Crippen MR) is 42.0 cm³/mol. The van der Waals surface area contributed by atoms with E-state index >= 15 is 0 Å². The van der Waals surface area contributed by atoms with E-state index in [0.29, 0.717) is 6.42 Å². The first-order valence-corrected chi connectivity index (χ1v) is 3.69. The molecule has 0 aromatic rings. The molecule has 0 fully saturated rings. The van der Waals surface area contributed by atoms with Gasteiger partial charge >= 0.3 is 0 Å². The van der Waals surface area contributed by atoms with Crippen LogP contribution in [-0.4, -0.2) is 24.8 Å². The van der Waals surface area contributed by atoms with Crippen LogP contribution in [0.4, 0.5) is 0 Å². The molecule has 0 saturated carbocycles. The first-order valence-electron chi connectivity index (χ1n) is 3.69. The van der Waals surface area contributed by atoms with Gasteiger partial charge in [0, 0.05) is 0 Å². The van der Waals surface area contributed by atoms with Crippen molar-refractivity contribution in [3.05, 3.63) is 0 Å². The van der Waals surface area contributed by atoms with Gasteiger partial charge in [-0.25, -0.2) is 0 Å². The van der Waals surface area contributed by atoms with Crippen LogP contribution in [-0.2, 0) is 9.59 Å². The number of aldehydes is 1. The molecule has 0 bridgehead atoms. The Bertz CT molecular complexity index is 136. The minimum absolute atomic E-state index is 0.0615. The number of nitrogens with one attached hydrogen (secondary N) is 1. The van der Waals surface area contributed by atoms with E-state index in [4.69, 9.17) is 5.73 Å². The summed E-state index contributed by atoms with van der Waals surface area (Å²) in [6.45, 7) is 1.89. The summed E-state index contributed by atoms with van der Waals surface area (Å²) < 4.78 is 0. The Balaban J connectivity index is 3.67. The van der Waals surface area contributed by atoms with E-state index in [1.807, 2.05) is 6.92 Å². The van der Waals surface area contributed by atoms with Gasteiger partial charge in [0.25, 0.3) is 0 Å². The van der Waals surface area contributed by atoms with Gasteiger partial charge in [0.2, 0.25) is 5.91 Å². The number of hydrogen-bond donors (Lipinski definition) is 2. The predicted octanol–water partition coefficient (Wildman–Crippen LogP) is -0.571. The monoisotopic (exact) mass is 158 g/mol. The summed E-state index contributed by atoms with van der Waals surface area (Å²) in [6.07, 6.45) is 2.28. The van der Waals surface area contributed by atoms with Gasteiger partial charge in [0.05, 0.1) is 12.6 Å². The molecule has 4 heteroatoms. The number of carbonyl (C=O) groups is 2. The molecule has 64 valence electrons. The summed E-state index contributed by atoms with van der Waals surface area (Å²) in [5.74, 6) is -0.282. The molecule has 4 nitrogen and oxygen atoms in total. The third kappa shape index (κ3) is 4.50. The quantitative estimate of drug-likeness (QED) is 0.526. The standard InChI is InChI=1S/C7H14N2O2/c1-2-3-6(5-10)9-7(11)4-8/h5-6H,2-4,8H2,1H3,(H,9,11). The molecule has 0 aliphatic carbocycles. The molecule has 0 radical (unpaired) electrons. The zero-order valence-corrected chi connectivity index (χ0v) is 6.67. The van der Waals surface area contributed by atoms with Crippen molar-refractivity contribution in [2.45, 2.75) is 25.8 Å². The normalized spacial score (nSPS) is 12.2. The maximum atomic E-state index is 10.7. The van der Waals surface area contributed by atoms with Gasteiger partial charge in [-0.3, -0.25) is 4.79 Å². The molecule has 1 amide bonds. The first kappa shape index (κ1) is 10.1. The van der Waals surface area contributed by atoms with Crippen LogP contribution < -0.4 is 11.1 Å². The van der Waals surface area contributed by atoms with E-state index in [0.717, 1.165) is 12.7 Å². The highest BCUT2D eigenvalue weighted by molar-refractivity contribution is 5.81. The molecule has 0 spiro atoms. The number of hydrogen-bond acceptors (Lipinski definition) is 3. The van der Waals surface area contributed by atoms with Crippen LogP contribution in [0.3, 0.4) is 0 Å². The van der Waals surface area contributed by atoms with E-state index in [1.54, 1.807) is 0 Å². The third-order valence-corrected chi connectivity index (χ3v) is 1.30. The molecule has 0 heterocycles. The summed E-state index contributed by atoms with van der Waals surface area (Å²) in [6, 6.07) is -0.365. The molecule has 0 aliphatic rings. The van der Waals surface area contributed by atoms with Crippen molar-refractivity contribution < 1.29 is 9.59 Å². The van der Waals surface area contributed by atoms with Crippen molar-refractivity contribution in [1.82, 2.24) is 5.32 Å². The van der Waals surface area contributed by atoms with Crippen molar-refractivity contribution in [1.29, 1.82) is 0 Å². The lowest BCUT2D eigenvalue weighted by molar-refractivity contribution is -0.122. The summed E-state index contributed by atoms with van der Waals surface area (Å²) in [7, 11) is 0. The first-order chi connectivity index (χ1) is 5.24. The Morgan fingerprint density at radius 3 is 2.73 bits per heavy atom. The molecule has 3 N–H and O–H groups in total. The Hall–Kier alpha value is -0.900. The van der Waals surface area contributed by atoms with Gasteiger partial charge in [-0.15, -0.1) is 0 Å². The van der Waals surface area contributed by atoms with Crippen molar-refractivity contribution in [3.8, 4) is 0 Å². The van der Waals surface area contributed by atoms with Gasteiger partial charge in [-0.1, -0.05) is 13.3 Å². The zero-order chi connectivity index (χ0) is 8.69. The minimum atomic E-state index is -0.365. The van der Waals surface area contributed by atoms with Gasteiger partial charge < -0.3 is 15.8 Å². The second-order valence-corrected chi connectivity index (χ2v) is 2.30. The van der Waals surface area contributed by atoms with Gasteiger partial charge in [0.1, 0.15) is 6.29 Å². The van der Waals surface area contributed by atoms with Crippen molar-refractivity contribution in [2.24, 2.45) is 5.73 Å². The van der Waals surface area contributed by atoms with Crippen molar-refractivity contribution in [3.63, 3.8) is 0 Å². The average molecular weight is 158 g/mol. The number of amides is 1. The molecule has 0 rings (SSSR count). The summed E-state index contributed by atoms with van der Waals surface area (Å²) in [4.78, 5) is 21.0. The minimum Gasteiger partial charge on any atom is -0.345 e. The third-order valence-electron chi connectivity index (χ3n) is 1.30. The van der Waals surface area contributed by atoms with Crippen LogP contribution in [0.15, 0.2) is 0 Å². The Labute approximate surface area is 66.1 Å². The summed E-state index contributed by atoms with van der Waals surface area (Å²) >= 11 is 0. The number of carbonyl (C=O) groups excluding carboxylic acids is 2. The van der Waals surface area contributed by atoms with Crippen LogP contribution in [0, 0.1) is 0 Å². The maximum Gasteiger partial charge on any atom is 0.234 e. The Morgan fingerprint density at radius 2 is 2.36 bits per heavy atom. The molecule has 0 aliphatic heterocycles. The summed E-state index contributed by atoms with van der Waals surface area (Å²) in [5, 5.41) is 2.49. The zero-order valence-electron chi connectivity index (χ0n) is 6.67. The fourth-order valence-electron chi connectivity index (χ4n) is 0.751. The largest absolute Gasteiger partial charge is 0.345 e. The molecular weight excluding hydrogens is 144 g/mol. The lowest BCUT2D eigenvalue weighted by Gasteiger charge is -2.09. The molecule has 0 saturated heterocycles. The van der Waals surface area contributed by atoms with Gasteiger partial charge in [-0.2, -0.15) is 0 Å². The lowest BCUT2D eigenvalue weighted by atomic mass is 10.2. The summed E-state index contributed by atoms with van der Waals surface area (Å²) in [5.41, 5.74) is 5.04. The van der Waals surface area contributed by atoms with Crippen LogP contribution in [0.1, 0.15) is 19.8 Å². The second kappa shape index (κ2) is 5.85.